The Kier molecular flexibility index (Phi) is 3.68. The number of rotatable bonds is 3. The number of carbonyl (C=O) groups is 1. The Balaban J connectivity index is 1.91. The van der Waals surface area contributed by atoms with Crippen LogP contribution in [0.15, 0.2) is 11.1 Å². The number of aromatic nitrogens is 3. The topological polar surface area (TPSA) is 68.9 Å². The van der Waals surface area contributed by atoms with Gasteiger partial charge >= 0.3 is 5.69 Å². The first-order valence-electron chi connectivity index (χ1n) is 6.13. The zero-order valence-electron chi connectivity index (χ0n) is 10.6. The van der Waals surface area contributed by atoms with Crippen LogP contribution in [0.25, 0.3) is 0 Å². The fraction of sp³-hybridized carbons (Fsp3) is 0.727. The third-order valence-electron chi connectivity index (χ3n) is 3.19. The van der Waals surface area contributed by atoms with Crippen LogP contribution in [0, 0.1) is 0 Å². The van der Waals surface area contributed by atoms with Crippen molar-refractivity contribution in [1.82, 2.24) is 19.7 Å². The number of amides is 1. The molecule has 1 atom stereocenters. The Bertz CT molecular complexity index is 523. The molecule has 0 aliphatic heterocycles. The summed E-state index contributed by atoms with van der Waals surface area (Å²) in [4.78, 5) is 23.2. The zero-order chi connectivity index (χ0) is 14.0. The summed E-state index contributed by atoms with van der Waals surface area (Å²) in [6.07, 6.45) is 1.76. The monoisotopic (exact) mass is 274 g/mol. The molecule has 1 aromatic heterocycles. The molecule has 1 aliphatic carbocycles. The molecule has 1 unspecified atom stereocenters. The quantitative estimate of drug-likeness (QED) is 0.860. The second-order valence-corrected chi connectivity index (χ2v) is 4.90. The number of alkyl halides is 2. The van der Waals surface area contributed by atoms with Crippen molar-refractivity contribution in [3.8, 4) is 0 Å². The zero-order valence-corrected chi connectivity index (χ0v) is 10.6. The third-order valence-corrected chi connectivity index (χ3v) is 3.19. The molecule has 0 saturated heterocycles. The predicted molar refractivity (Wildman–Crippen MR) is 62.8 cm³/mol. The lowest BCUT2D eigenvalue weighted by atomic mass is 9.92. The summed E-state index contributed by atoms with van der Waals surface area (Å²) in [5.41, 5.74) is -0.413. The van der Waals surface area contributed by atoms with Crippen LogP contribution in [0.1, 0.15) is 25.7 Å². The van der Waals surface area contributed by atoms with Crippen LogP contribution >= 0.6 is 0 Å². The molecule has 1 fully saturated rings. The van der Waals surface area contributed by atoms with Gasteiger partial charge in [0.25, 0.3) is 0 Å². The van der Waals surface area contributed by atoms with Gasteiger partial charge in [-0.2, -0.15) is 5.10 Å². The molecule has 0 bridgehead atoms. The first-order valence-corrected chi connectivity index (χ1v) is 6.13. The Morgan fingerprint density at radius 2 is 2.37 bits per heavy atom. The van der Waals surface area contributed by atoms with Gasteiger partial charge in [0.1, 0.15) is 12.9 Å². The van der Waals surface area contributed by atoms with Crippen LogP contribution in [0.4, 0.5) is 8.78 Å². The van der Waals surface area contributed by atoms with Gasteiger partial charge in [-0.15, -0.1) is 0 Å². The smallest absolute Gasteiger partial charge is 0.345 e. The molecular formula is C11H16F2N4O2. The van der Waals surface area contributed by atoms with Crippen LogP contribution in [0.3, 0.4) is 0 Å². The van der Waals surface area contributed by atoms with Gasteiger partial charge in [-0.1, -0.05) is 0 Å². The first-order chi connectivity index (χ1) is 8.87. The highest BCUT2D eigenvalue weighted by Crippen LogP contribution is 2.32. The van der Waals surface area contributed by atoms with Gasteiger partial charge in [0.05, 0.1) is 0 Å². The van der Waals surface area contributed by atoms with Gasteiger partial charge < -0.3 is 5.32 Å². The van der Waals surface area contributed by atoms with E-state index < -0.39 is 23.6 Å². The molecule has 0 aromatic carbocycles. The lowest BCUT2D eigenvalue weighted by Crippen LogP contribution is -2.44. The molecule has 2 rings (SSSR count). The van der Waals surface area contributed by atoms with Crippen molar-refractivity contribution < 1.29 is 13.6 Å². The van der Waals surface area contributed by atoms with Crippen LogP contribution in [-0.2, 0) is 18.4 Å². The molecule has 1 aliphatic rings. The van der Waals surface area contributed by atoms with Crippen LogP contribution in [0.2, 0.25) is 0 Å². The van der Waals surface area contributed by atoms with E-state index in [0.717, 1.165) is 4.68 Å². The van der Waals surface area contributed by atoms with Gasteiger partial charge in [-0.25, -0.2) is 18.3 Å². The molecule has 1 amide bonds. The molecule has 106 valence electrons. The molecule has 1 aromatic rings. The lowest BCUT2D eigenvalue weighted by molar-refractivity contribution is -0.124. The van der Waals surface area contributed by atoms with E-state index in [-0.39, 0.29) is 19.4 Å². The minimum absolute atomic E-state index is 0.126. The number of halogens is 2. The Morgan fingerprint density at radius 3 is 2.95 bits per heavy atom. The molecule has 0 spiro atoms. The molecule has 6 nitrogen and oxygen atoms in total. The summed E-state index contributed by atoms with van der Waals surface area (Å²) in [6, 6.07) is -0.532. The summed E-state index contributed by atoms with van der Waals surface area (Å²) in [5.74, 6) is -3.18. The predicted octanol–water partition coefficient (Wildman–Crippen LogP) is 0.276. The normalized spacial score (nSPS) is 22.2. The SMILES string of the molecule is Cn1cnn(CC(=O)NC2CCCC(F)(F)C2)c1=O. The third kappa shape index (κ3) is 3.39. The highest BCUT2D eigenvalue weighted by molar-refractivity contribution is 5.75. The van der Waals surface area contributed by atoms with Crippen molar-refractivity contribution in [2.75, 3.05) is 0 Å². The standard InChI is InChI=1S/C11H16F2N4O2/c1-16-7-14-17(10(16)19)6-9(18)15-8-3-2-4-11(12,13)5-8/h7-8H,2-6H2,1H3,(H,15,18). The molecular weight excluding hydrogens is 258 g/mol. The van der Waals surface area contributed by atoms with Gasteiger partial charge in [0.2, 0.25) is 11.8 Å². The molecule has 1 N–H and O–H groups in total. The van der Waals surface area contributed by atoms with Gasteiger partial charge in [0, 0.05) is 25.9 Å². The van der Waals surface area contributed by atoms with E-state index in [9.17, 15) is 18.4 Å². The molecule has 19 heavy (non-hydrogen) atoms. The minimum Gasteiger partial charge on any atom is -0.352 e. The lowest BCUT2D eigenvalue weighted by Gasteiger charge is -2.29. The van der Waals surface area contributed by atoms with Crippen molar-refractivity contribution in [3.05, 3.63) is 16.8 Å². The number of hydrogen-bond donors (Lipinski definition) is 1. The van der Waals surface area contributed by atoms with E-state index >= 15 is 0 Å². The fourth-order valence-corrected chi connectivity index (χ4v) is 2.23. The molecule has 1 saturated carbocycles. The summed E-state index contributed by atoms with van der Waals surface area (Å²) in [7, 11) is 1.52. The van der Waals surface area contributed by atoms with Gasteiger partial charge in [-0.3, -0.25) is 9.36 Å². The highest BCUT2D eigenvalue weighted by Gasteiger charge is 2.36. The fourth-order valence-electron chi connectivity index (χ4n) is 2.23. The van der Waals surface area contributed by atoms with Crippen molar-refractivity contribution in [2.45, 2.75) is 44.2 Å². The molecule has 8 heteroatoms. The largest absolute Gasteiger partial charge is 0.352 e. The summed E-state index contributed by atoms with van der Waals surface area (Å²) >= 11 is 0. The minimum atomic E-state index is -2.71. The highest BCUT2D eigenvalue weighted by atomic mass is 19.3. The molecule has 1 heterocycles. The van der Waals surface area contributed by atoms with E-state index in [4.69, 9.17) is 0 Å². The van der Waals surface area contributed by atoms with Crippen molar-refractivity contribution in [1.29, 1.82) is 0 Å². The van der Waals surface area contributed by atoms with E-state index in [1.54, 1.807) is 0 Å². The van der Waals surface area contributed by atoms with Crippen molar-refractivity contribution in [3.63, 3.8) is 0 Å². The van der Waals surface area contributed by atoms with Gasteiger partial charge in [-0.05, 0) is 12.8 Å². The second kappa shape index (κ2) is 5.10. The number of nitrogens with zero attached hydrogens (tertiary/aromatic N) is 3. The van der Waals surface area contributed by atoms with E-state index in [1.807, 2.05) is 0 Å². The van der Waals surface area contributed by atoms with Crippen molar-refractivity contribution >= 4 is 5.91 Å². The summed E-state index contributed by atoms with van der Waals surface area (Å²) < 4.78 is 28.6. The molecule has 0 radical (unpaired) electrons. The number of aryl methyl sites for hydroxylation is 1. The Morgan fingerprint density at radius 1 is 1.63 bits per heavy atom. The summed E-state index contributed by atoms with van der Waals surface area (Å²) in [6.45, 7) is -0.248. The second-order valence-electron chi connectivity index (χ2n) is 4.90. The average Bonchev–Trinajstić information content (AvgIpc) is 2.59. The maximum absolute atomic E-state index is 13.2. The number of carbonyl (C=O) groups excluding carboxylic acids is 1. The number of nitrogens with one attached hydrogen (secondary N) is 1. The van der Waals surface area contributed by atoms with Crippen LogP contribution < -0.4 is 11.0 Å². The van der Waals surface area contributed by atoms with E-state index in [1.165, 1.54) is 17.9 Å². The van der Waals surface area contributed by atoms with Crippen LogP contribution in [0.5, 0.6) is 0 Å². The summed E-state index contributed by atoms with van der Waals surface area (Å²) in [5, 5.41) is 6.27. The maximum atomic E-state index is 13.2. The maximum Gasteiger partial charge on any atom is 0.345 e. The van der Waals surface area contributed by atoms with Crippen LogP contribution in [-0.4, -0.2) is 32.2 Å². The van der Waals surface area contributed by atoms with E-state index in [2.05, 4.69) is 10.4 Å². The first kappa shape index (κ1) is 13.7. The van der Waals surface area contributed by atoms with E-state index in [0.29, 0.717) is 12.8 Å². The number of hydrogen-bond acceptors (Lipinski definition) is 3. The van der Waals surface area contributed by atoms with Gasteiger partial charge in [0.15, 0.2) is 0 Å². The van der Waals surface area contributed by atoms with Crippen molar-refractivity contribution in [2.24, 2.45) is 7.05 Å². The average molecular weight is 274 g/mol. The Labute approximate surface area is 108 Å². The Hall–Kier alpha value is -1.73.